The maximum atomic E-state index is 14.8. The number of nitrogens with one attached hydrogen (secondary N) is 3. The molecule has 5 rings (SSSR count). The van der Waals surface area contributed by atoms with Crippen LogP contribution in [0, 0.1) is 11.6 Å². The van der Waals surface area contributed by atoms with Gasteiger partial charge in [-0.2, -0.15) is 0 Å². The molecule has 8 nitrogen and oxygen atoms in total. The lowest BCUT2D eigenvalue weighted by Gasteiger charge is -2.07. The van der Waals surface area contributed by atoms with Crippen molar-refractivity contribution in [2.45, 2.75) is 6.42 Å². The molecule has 0 radical (unpaired) electrons. The smallest absolute Gasteiger partial charge is 0.251 e. The zero-order valence-electron chi connectivity index (χ0n) is 18.6. The maximum absolute atomic E-state index is 14.8. The molecular weight excluding hydrogens is 454 g/mol. The third-order valence-electron chi connectivity index (χ3n) is 5.84. The maximum Gasteiger partial charge on any atom is 0.251 e. The van der Waals surface area contributed by atoms with Crippen molar-refractivity contribution in [1.82, 2.24) is 25.3 Å². The van der Waals surface area contributed by atoms with E-state index >= 15 is 0 Å². The van der Waals surface area contributed by atoms with Gasteiger partial charge >= 0.3 is 0 Å². The summed E-state index contributed by atoms with van der Waals surface area (Å²) in [6.07, 6.45) is 3.74. The summed E-state index contributed by atoms with van der Waals surface area (Å²) in [6.45, 7) is 0.793. The topological polar surface area (TPSA) is 130 Å². The van der Waals surface area contributed by atoms with Crippen LogP contribution in [0.5, 0.6) is 0 Å². The van der Waals surface area contributed by atoms with E-state index in [0.29, 0.717) is 16.6 Å². The second kappa shape index (κ2) is 8.73. The Kier molecular flexibility index (Phi) is 5.58. The van der Waals surface area contributed by atoms with Gasteiger partial charge in [0.05, 0.1) is 22.2 Å². The predicted molar refractivity (Wildman–Crippen MR) is 127 cm³/mol. The summed E-state index contributed by atoms with van der Waals surface area (Å²) in [5.74, 6) is -3.54. The van der Waals surface area contributed by atoms with Gasteiger partial charge in [0, 0.05) is 41.9 Å². The molecule has 0 saturated heterocycles. The minimum atomic E-state index is -1.29. The van der Waals surface area contributed by atoms with Gasteiger partial charge in [0.15, 0.2) is 0 Å². The number of imidazole rings is 1. The highest BCUT2D eigenvalue weighted by Gasteiger charge is 2.26. The Bertz CT molecular complexity index is 1620. The Morgan fingerprint density at radius 3 is 2.69 bits per heavy atom. The van der Waals surface area contributed by atoms with Crippen LogP contribution in [0.15, 0.2) is 48.8 Å². The highest BCUT2D eigenvalue weighted by molar-refractivity contribution is 6.17. The summed E-state index contributed by atoms with van der Waals surface area (Å²) in [4.78, 5) is 39.7. The van der Waals surface area contributed by atoms with Crippen LogP contribution in [0.2, 0.25) is 0 Å². The number of hydrogen-bond donors (Lipinski definition) is 4. The van der Waals surface area contributed by atoms with Crippen molar-refractivity contribution in [1.29, 1.82) is 0 Å². The van der Waals surface area contributed by atoms with Crippen LogP contribution in [0.25, 0.3) is 33.2 Å². The third-order valence-corrected chi connectivity index (χ3v) is 5.84. The Balaban J connectivity index is 1.57. The number of amides is 1. The van der Waals surface area contributed by atoms with Gasteiger partial charge in [0.1, 0.15) is 23.1 Å². The van der Waals surface area contributed by atoms with Gasteiger partial charge in [-0.15, -0.1) is 0 Å². The number of hydrogen-bond acceptors (Lipinski definition) is 5. The zero-order chi connectivity index (χ0) is 24.7. The van der Waals surface area contributed by atoms with E-state index in [0.717, 1.165) is 47.5 Å². The molecule has 35 heavy (non-hydrogen) atoms. The van der Waals surface area contributed by atoms with Gasteiger partial charge in [-0.05, 0) is 42.9 Å². The molecule has 3 aromatic heterocycles. The number of pyridine rings is 1. The summed E-state index contributed by atoms with van der Waals surface area (Å²) in [5, 5.41) is 3.47. The lowest BCUT2D eigenvalue weighted by Crippen LogP contribution is -2.17. The molecule has 176 valence electrons. The number of benzene rings is 2. The summed E-state index contributed by atoms with van der Waals surface area (Å²) < 4.78 is 29.3. The number of nitrogens with two attached hydrogens (primary N) is 1. The van der Waals surface area contributed by atoms with E-state index in [1.165, 1.54) is 6.20 Å². The van der Waals surface area contributed by atoms with Crippen LogP contribution < -0.4 is 11.1 Å². The van der Waals surface area contributed by atoms with Crippen molar-refractivity contribution in [3.63, 3.8) is 0 Å². The Labute approximate surface area is 197 Å². The van der Waals surface area contributed by atoms with E-state index in [1.54, 1.807) is 12.3 Å². The number of ketones is 1. The fourth-order valence-corrected chi connectivity index (χ4v) is 4.04. The number of likely N-dealkylation sites (N-methyl/N-ethyl adjacent to an activating group) is 1. The Hall–Kier alpha value is -4.44. The fraction of sp³-hybridized carbons (Fsp3) is 0.120. The molecule has 0 aliphatic carbocycles. The molecule has 10 heteroatoms. The molecule has 0 aliphatic heterocycles. The average molecular weight is 474 g/mol. The van der Waals surface area contributed by atoms with E-state index in [1.807, 2.05) is 25.2 Å². The molecule has 2 aromatic carbocycles. The van der Waals surface area contributed by atoms with Crippen LogP contribution in [0.3, 0.4) is 0 Å². The number of aromatic amines is 2. The minimum Gasteiger partial charge on any atom is -0.366 e. The van der Waals surface area contributed by atoms with Crippen molar-refractivity contribution in [3.05, 3.63) is 82.9 Å². The first kappa shape index (κ1) is 22.4. The first-order chi connectivity index (χ1) is 16.9. The Morgan fingerprint density at radius 2 is 1.91 bits per heavy atom. The molecule has 0 aliphatic rings. The number of rotatable bonds is 7. The molecular formula is C25H20F2N6O2. The number of carbonyl (C=O) groups excluding carboxylic acids is 2. The van der Waals surface area contributed by atoms with Crippen molar-refractivity contribution in [2.24, 2.45) is 5.73 Å². The number of carbonyl (C=O) groups is 2. The lowest BCUT2D eigenvalue weighted by molar-refractivity contribution is 0.0996. The van der Waals surface area contributed by atoms with E-state index in [-0.39, 0.29) is 5.56 Å². The van der Waals surface area contributed by atoms with Gasteiger partial charge in [0.2, 0.25) is 5.78 Å². The molecule has 0 unspecified atom stereocenters. The highest BCUT2D eigenvalue weighted by Crippen LogP contribution is 2.29. The summed E-state index contributed by atoms with van der Waals surface area (Å²) in [6, 6.07) is 9.18. The largest absolute Gasteiger partial charge is 0.366 e. The number of nitrogens with zero attached hydrogens (tertiary/aromatic N) is 2. The van der Waals surface area contributed by atoms with Gasteiger partial charge in [0.25, 0.3) is 5.91 Å². The van der Waals surface area contributed by atoms with E-state index in [4.69, 9.17) is 5.73 Å². The normalized spacial score (nSPS) is 11.4. The van der Waals surface area contributed by atoms with Crippen LogP contribution in [0.1, 0.15) is 32.1 Å². The third kappa shape index (κ3) is 3.93. The SMILES string of the molecule is CNCCc1nc2ccc(-c3cnc4[nH]cc(C(=O)c5c(F)ccc(C(N)=O)c5F)c4c3)cc2[nH]1. The van der Waals surface area contributed by atoms with Gasteiger partial charge in [-0.25, -0.2) is 18.7 Å². The standard InChI is InChI=1S/C25H20F2N6O2/c1-29-7-6-20-32-18-5-2-12(9-19(18)33-20)13-8-15-16(11-31-25(15)30-10-13)23(34)21-17(26)4-3-14(22(21)27)24(28)35/h2-5,8-11,29H,6-7H2,1H3,(H2,28,35)(H,30,31)(H,32,33). The number of aromatic nitrogens is 4. The summed E-state index contributed by atoms with van der Waals surface area (Å²) in [7, 11) is 1.88. The fourth-order valence-electron chi connectivity index (χ4n) is 4.04. The van der Waals surface area contributed by atoms with Gasteiger partial charge in [-0.3, -0.25) is 9.59 Å². The lowest BCUT2D eigenvalue weighted by atomic mass is 9.98. The zero-order valence-corrected chi connectivity index (χ0v) is 18.6. The second-order valence-electron chi connectivity index (χ2n) is 8.07. The molecule has 5 aromatic rings. The molecule has 0 fully saturated rings. The van der Waals surface area contributed by atoms with Crippen LogP contribution >= 0.6 is 0 Å². The first-order valence-electron chi connectivity index (χ1n) is 10.8. The molecule has 0 atom stereocenters. The number of fused-ring (bicyclic) bond motifs is 2. The summed E-state index contributed by atoms with van der Waals surface area (Å²) >= 11 is 0. The van der Waals surface area contributed by atoms with Crippen LogP contribution in [0.4, 0.5) is 8.78 Å². The van der Waals surface area contributed by atoms with Crippen LogP contribution in [-0.4, -0.2) is 45.2 Å². The number of primary amides is 1. The van der Waals surface area contributed by atoms with E-state index in [2.05, 4.69) is 25.3 Å². The molecule has 0 saturated carbocycles. The second-order valence-corrected chi connectivity index (χ2v) is 8.07. The number of H-pyrrole nitrogens is 2. The molecule has 0 bridgehead atoms. The number of halogens is 2. The van der Waals surface area contributed by atoms with Crippen molar-refractivity contribution in [2.75, 3.05) is 13.6 Å². The Morgan fingerprint density at radius 1 is 1.09 bits per heavy atom. The van der Waals surface area contributed by atoms with E-state index < -0.39 is 34.5 Å². The van der Waals surface area contributed by atoms with Gasteiger partial charge in [-0.1, -0.05) is 6.07 Å². The predicted octanol–water partition coefficient (Wildman–Crippen LogP) is 3.48. The molecule has 5 N–H and O–H groups in total. The highest BCUT2D eigenvalue weighted by atomic mass is 19.1. The van der Waals surface area contributed by atoms with Gasteiger partial charge < -0.3 is 21.0 Å². The van der Waals surface area contributed by atoms with Crippen molar-refractivity contribution < 1.29 is 18.4 Å². The van der Waals surface area contributed by atoms with Crippen molar-refractivity contribution in [3.8, 4) is 11.1 Å². The quantitative estimate of drug-likeness (QED) is 0.269. The first-order valence-corrected chi connectivity index (χ1v) is 10.8. The molecule has 1 amide bonds. The summed E-state index contributed by atoms with van der Waals surface area (Å²) in [5.41, 5.74) is 7.34. The molecule has 0 spiro atoms. The average Bonchev–Trinajstić information content (AvgIpc) is 3.45. The van der Waals surface area contributed by atoms with E-state index in [9.17, 15) is 18.4 Å². The van der Waals surface area contributed by atoms with Crippen molar-refractivity contribution >= 4 is 33.8 Å². The minimum absolute atomic E-state index is 0.0192. The monoisotopic (exact) mass is 474 g/mol. The molecule has 3 heterocycles. The van der Waals surface area contributed by atoms with Crippen LogP contribution in [-0.2, 0) is 6.42 Å².